The molecule has 0 aromatic carbocycles. The molecule has 0 amide bonds. The third kappa shape index (κ3) is 2.84. The lowest BCUT2D eigenvalue weighted by atomic mass is 10.2. The summed E-state index contributed by atoms with van der Waals surface area (Å²) in [6, 6.07) is 4.30. The monoisotopic (exact) mass is 389 g/mol. The Labute approximate surface area is 146 Å². The molecule has 1 atom stereocenters. The molecule has 23 heavy (non-hydrogen) atoms. The first-order valence-electron chi connectivity index (χ1n) is 7.56. The molecule has 0 saturated carbocycles. The minimum Gasteiger partial charge on any atom is -0.365 e. The van der Waals surface area contributed by atoms with E-state index < -0.39 is 0 Å². The number of nitrogens with zero attached hydrogens (tertiary/aromatic N) is 3. The number of halogens is 1. The van der Waals surface area contributed by atoms with Crippen LogP contribution >= 0.6 is 27.3 Å². The van der Waals surface area contributed by atoms with Crippen LogP contribution in [0.4, 0.5) is 5.82 Å². The smallest absolute Gasteiger partial charge is 0.162 e. The predicted octanol–water partition coefficient (Wildman–Crippen LogP) is 3.60. The Balaban J connectivity index is 1.86. The van der Waals surface area contributed by atoms with Gasteiger partial charge in [0.1, 0.15) is 11.3 Å². The van der Waals surface area contributed by atoms with E-state index in [0.29, 0.717) is 6.04 Å². The summed E-state index contributed by atoms with van der Waals surface area (Å²) in [6.07, 6.45) is 4.65. The van der Waals surface area contributed by atoms with Gasteiger partial charge in [-0.15, -0.1) is 11.3 Å². The van der Waals surface area contributed by atoms with Crippen LogP contribution in [0.5, 0.6) is 0 Å². The SMILES string of the molecule is Cc1sc2c(N[C@@H]3CCNC3)nc(-c3ccncc3)nc2c1Br. The Bertz CT molecular complexity index is 843. The average molecular weight is 390 g/mol. The fraction of sp³-hybridized carbons (Fsp3) is 0.312. The molecule has 0 spiro atoms. The van der Waals surface area contributed by atoms with E-state index in [-0.39, 0.29) is 0 Å². The van der Waals surface area contributed by atoms with Gasteiger partial charge in [0, 0.05) is 35.4 Å². The van der Waals surface area contributed by atoms with Crippen molar-refractivity contribution >= 4 is 43.3 Å². The molecule has 2 N–H and O–H groups in total. The number of fused-ring (bicyclic) bond motifs is 1. The van der Waals surface area contributed by atoms with Crippen molar-refractivity contribution in [2.75, 3.05) is 18.4 Å². The zero-order valence-electron chi connectivity index (χ0n) is 12.6. The van der Waals surface area contributed by atoms with Crippen molar-refractivity contribution in [3.63, 3.8) is 0 Å². The molecule has 0 unspecified atom stereocenters. The second kappa shape index (κ2) is 6.14. The minimum absolute atomic E-state index is 0.416. The largest absolute Gasteiger partial charge is 0.365 e. The summed E-state index contributed by atoms with van der Waals surface area (Å²) in [5, 5.41) is 6.98. The molecule has 1 fully saturated rings. The number of hydrogen-bond donors (Lipinski definition) is 2. The van der Waals surface area contributed by atoms with Crippen LogP contribution in [-0.2, 0) is 0 Å². The Kier molecular flexibility index (Phi) is 4.00. The molecule has 1 saturated heterocycles. The number of anilines is 1. The van der Waals surface area contributed by atoms with Crippen LogP contribution in [0.25, 0.3) is 21.6 Å². The highest BCUT2D eigenvalue weighted by Gasteiger charge is 2.20. The van der Waals surface area contributed by atoms with Crippen LogP contribution in [0, 0.1) is 6.92 Å². The van der Waals surface area contributed by atoms with Crippen molar-refractivity contribution in [2.24, 2.45) is 0 Å². The summed E-state index contributed by atoms with van der Waals surface area (Å²) in [6.45, 7) is 4.13. The lowest BCUT2D eigenvalue weighted by Crippen LogP contribution is -2.22. The highest BCUT2D eigenvalue weighted by molar-refractivity contribution is 9.10. The molecule has 0 aliphatic carbocycles. The van der Waals surface area contributed by atoms with E-state index in [4.69, 9.17) is 9.97 Å². The van der Waals surface area contributed by atoms with Gasteiger partial charge in [0.05, 0.1) is 9.17 Å². The molecule has 1 aliphatic heterocycles. The van der Waals surface area contributed by atoms with Gasteiger partial charge in [-0.1, -0.05) is 0 Å². The molecule has 0 bridgehead atoms. The summed E-state index contributed by atoms with van der Waals surface area (Å²) in [4.78, 5) is 14.9. The summed E-state index contributed by atoms with van der Waals surface area (Å²) < 4.78 is 2.17. The van der Waals surface area contributed by atoms with Crippen LogP contribution in [0.15, 0.2) is 29.0 Å². The van der Waals surface area contributed by atoms with Gasteiger partial charge in [-0.05, 0) is 48.0 Å². The van der Waals surface area contributed by atoms with Gasteiger partial charge in [0.15, 0.2) is 5.82 Å². The van der Waals surface area contributed by atoms with Crippen molar-refractivity contribution in [3.05, 3.63) is 33.9 Å². The molecule has 4 heterocycles. The van der Waals surface area contributed by atoms with E-state index in [1.165, 1.54) is 4.88 Å². The molecule has 7 heteroatoms. The summed E-state index contributed by atoms with van der Waals surface area (Å²) >= 11 is 5.40. The Hall–Kier alpha value is -1.57. The quantitative estimate of drug-likeness (QED) is 0.716. The molecule has 4 rings (SSSR count). The molecule has 5 nitrogen and oxygen atoms in total. The lowest BCUT2D eigenvalue weighted by molar-refractivity contribution is 0.789. The molecular weight excluding hydrogens is 374 g/mol. The first-order chi connectivity index (χ1) is 11.2. The van der Waals surface area contributed by atoms with Gasteiger partial charge in [0.25, 0.3) is 0 Å². The normalized spacial score (nSPS) is 17.7. The number of rotatable bonds is 3. The maximum atomic E-state index is 4.80. The van der Waals surface area contributed by atoms with Crippen LogP contribution in [0.2, 0.25) is 0 Å². The van der Waals surface area contributed by atoms with E-state index in [1.54, 1.807) is 23.7 Å². The van der Waals surface area contributed by atoms with E-state index in [2.05, 4.69) is 38.5 Å². The van der Waals surface area contributed by atoms with Gasteiger partial charge >= 0.3 is 0 Å². The van der Waals surface area contributed by atoms with Gasteiger partial charge < -0.3 is 10.6 Å². The van der Waals surface area contributed by atoms with Crippen LogP contribution in [0.1, 0.15) is 11.3 Å². The second-order valence-electron chi connectivity index (χ2n) is 5.62. The van der Waals surface area contributed by atoms with Crippen LogP contribution in [-0.4, -0.2) is 34.1 Å². The summed E-state index contributed by atoms with van der Waals surface area (Å²) in [5.41, 5.74) is 1.95. The third-order valence-corrected chi connectivity index (χ3v) is 6.31. The minimum atomic E-state index is 0.416. The first kappa shape index (κ1) is 15.0. The maximum absolute atomic E-state index is 4.80. The number of hydrogen-bond acceptors (Lipinski definition) is 6. The van der Waals surface area contributed by atoms with Gasteiger partial charge in [-0.25, -0.2) is 9.97 Å². The summed E-state index contributed by atoms with van der Waals surface area (Å²) in [7, 11) is 0. The van der Waals surface area contributed by atoms with Crippen molar-refractivity contribution in [2.45, 2.75) is 19.4 Å². The fourth-order valence-corrected chi connectivity index (χ4v) is 4.36. The van der Waals surface area contributed by atoms with E-state index in [0.717, 1.165) is 51.4 Å². The van der Waals surface area contributed by atoms with Crippen molar-refractivity contribution in [1.29, 1.82) is 0 Å². The Morgan fingerprint density at radius 3 is 2.87 bits per heavy atom. The van der Waals surface area contributed by atoms with E-state index in [1.807, 2.05) is 12.1 Å². The van der Waals surface area contributed by atoms with E-state index >= 15 is 0 Å². The number of aromatic nitrogens is 3. The molecule has 0 radical (unpaired) electrons. The molecule has 118 valence electrons. The van der Waals surface area contributed by atoms with E-state index in [9.17, 15) is 0 Å². The topological polar surface area (TPSA) is 62.7 Å². The van der Waals surface area contributed by atoms with Crippen LogP contribution in [0.3, 0.4) is 0 Å². The van der Waals surface area contributed by atoms with Gasteiger partial charge in [-0.2, -0.15) is 0 Å². The van der Waals surface area contributed by atoms with Gasteiger partial charge in [-0.3, -0.25) is 4.98 Å². The molecular formula is C16H16BrN5S. The maximum Gasteiger partial charge on any atom is 0.162 e. The third-order valence-electron chi connectivity index (χ3n) is 3.98. The van der Waals surface area contributed by atoms with Crippen LogP contribution < -0.4 is 10.6 Å². The first-order valence-corrected chi connectivity index (χ1v) is 9.17. The number of thiophene rings is 1. The Morgan fingerprint density at radius 2 is 2.13 bits per heavy atom. The predicted molar refractivity (Wildman–Crippen MR) is 98.0 cm³/mol. The highest BCUT2D eigenvalue weighted by atomic mass is 79.9. The van der Waals surface area contributed by atoms with Crippen molar-refractivity contribution in [1.82, 2.24) is 20.3 Å². The van der Waals surface area contributed by atoms with Crippen molar-refractivity contribution in [3.8, 4) is 11.4 Å². The molecule has 1 aliphatic rings. The number of aryl methyl sites for hydroxylation is 1. The number of nitrogens with one attached hydrogen (secondary N) is 2. The standard InChI is InChI=1S/C16H16BrN5S/c1-9-12(17)13-14(23-9)16(20-11-4-7-19-8-11)22-15(21-13)10-2-5-18-6-3-10/h2-3,5-6,11,19H,4,7-8H2,1H3,(H,20,21,22)/t11-/m1/s1. The average Bonchev–Trinajstić information content (AvgIpc) is 3.18. The van der Waals surface area contributed by atoms with Crippen molar-refractivity contribution < 1.29 is 0 Å². The Morgan fingerprint density at radius 1 is 1.30 bits per heavy atom. The highest BCUT2D eigenvalue weighted by Crippen LogP contribution is 2.38. The lowest BCUT2D eigenvalue weighted by Gasteiger charge is -2.13. The molecule has 3 aromatic rings. The van der Waals surface area contributed by atoms with Gasteiger partial charge in [0.2, 0.25) is 0 Å². The fourth-order valence-electron chi connectivity index (χ4n) is 2.76. The zero-order chi connectivity index (χ0) is 15.8. The molecule has 3 aromatic heterocycles. The number of pyridine rings is 1. The zero-order valence-corrected chi connectivity index (χ0v) is 15.0. The summed E-state index contributed by atoms with van der Waals surface area (Å²) in [5.74, 6) is 1.65. The second-order valence-corrected chi connectivity index (χ2v) is 7.63.